The fourth-order valence-corrected chi connectivity index (χ4v) is 5.35. The number of carbonyl (C=O) groups is 1. The summed E-state index contributed by atoms with van der Waals surface area (Å²) < 4.78 is 7.65. The average Bonchev–Trinajstić information content (AvgIpc) is 3.38. The van der Waals surface area contributed by atoms with Crippen molar-refractivity contribution in [2.24, 2.45) is 18.9 Å². The Hall–Kier alpha value is -2.90. The van der Waals surface area contributed by atoms with Crippen LogP contribution in [0.25, 0.3) is 11.0 Å². The van der Waals surface area contributed by atoms with Crippen LogP contribution in [0, 0.1) is 11.8 Å². The van der Waals surface area contributed by atoms with E-state index in [4.69, 9.17) is 9.72 Å². The first-order valence-corrected chi connectivity index (χ1v) is 11.4. The molecule has 7 nitrogen and oxygen atoms in total. The van der Waals surface area contributed by atoms with Crippen LogP contribution >= 0.6 is 0 Å². The third-order valence-electron chi connectivity index (χ3n) is 7.05. The quantitative estimate of drug-likeness (QED) is 0.576. The van der Waals surface area contributed by atoms with Gasteiger partial charge in [-0.05, 0) is 48.1 Å². The Morgan fingerprint density at radius 2 is 2.00 bits per heavy atom. The van der Waals surface area contributed by atoms with Gasteiger partial charge in [-0.2, -0.15) is 0 Å². The number of carbonyl (C=O) groups excluding carboxylic acids is 1. The number of nitrogens with zero attached hydrogens (tertiary/aromatic N) is 2. The summed E-state index contributed by atoms with van der Waals surface area (Å²) in [5.41, 5.74) is 11.2. The number of nitrogens with one attached hydrogen (secondary N) is 3. The Morgan fingerprint density at radius 3 is 2.75 bits per heavy atom. The molecule has 0 bridgehead atoms. The molecule has 3 unspecified atom stereocenters. The summed E-state index contributed by atoms with van der Waals surface area (Å²) in [4.78, 5) is 18.3. The second-order valence-corrected chi connectivity index (χ2v) is 9.22. The summed E-state index contributed by atoms with van der Waals surface area (Å²) in [6.45, 7) is 4.24. The Balaban J connectivity index is 1.39. The Labute approximate surface area is 188 Å². The Morgan fingerprint density at radius 1 is 1.19 bits per heavy atom. The van der Waals surface area contributed by atoms with Gasteiger partial charge in [0.15, 0.2) is 0 Å². The van der Waals surface area contributed by atoms with Crippen LogP contribution in [0.1, 0.15) is 49.3 Å². The van der Waals surface area contributed by atoms with Gasteiger partial charge < -0.3 is 14.6 Å². The highest BCUT2D eigenvalue weighted by atomic mass is 16.5. The normalized spacial score (nSPS) is 23.1. The molecular formula is C25H31N5O2. The van der Waals surface area contributed by atoms with Crippen molar-refractivity contribution >= 4 is 16.9 Å². The highest BCUT2D eigenvalue weighted by Gasteiger charge is 2.44. The molecule has 2 aliphatic rings. The molecule has 5 rings (SSSR count). The van der Waals surface area contributed by atoms with E-state index in [0.29, 0.717) is 0 Å². The van der Waals surface area contributed by atoms with Gasteiger partial charge in [-0.1, -0.05) is 38.1 Å². The van der Waals surface area contributed by atoms with Crippen molar-refractivity contribution in [2.45, 2.75) is 44.8 Å². The molecule has 1 aromatic heterocycles. The zero-order valence-electron chi connectivity index (χ0n) is 19.1. The number of fused-ring (bicyclic) bond motifs is 4. The van der Waals surface area contributed by atoms with Crippen molar-refractivity contribution in [1.29, 1.82) is 0 Å². The average molecular weight is 434 g/mol. The molecule has 1 saturated heterocycles. The number of hydrazine groups is 1. The Bertz CT molecular complexity index is 1150. The van der Waals surface area contributed by atoms with Gasteiger partial charge in [-0.3, -0.25) is 4.79 Å². The fourth-order valence-electron chi connectivity index (χ4n) is 5.35. The van der Waals surface area contributed by atoms with Crippen molar-refractivity contribution < 1.29 is 9.53 Å². The smallest absolute Gasteiger partial charge is 0.239 e. The second-order valence-electron chi connectivity index (χ2n) is 9.22. The van der Waals surface area contributed by atoms with Crippen LogP contribution in [0.15, 0.2) is 42.5 Å². The zero-order valence-corrected chi connectivity index (χ0v) is 19.1. The van der Waals surface area contributed by atoms with Crippen molar-refractivity contribution in [1.82, 2.24) is 25.7 Å². The van der Waals surface area contributed by atoms with Gasteiger partial charge in [0.05, 0.1) is 30.2 Å². The zero-order chi connectivity index (χ0) is 22.4. The van der Waals surface area contributed by atoms with E-state index in [-0.39, 0.29) is 35.9 Å². The lowest BCUT2D eigenvalue weighted by Gasteiger charge is -2.31. The maximum atomic E-state index is 13.5. The maximum Gasteiger partial charge on any atom is 0.239 e. The molecule has 1 fully saturated rings. The molecule has 3 N–H and O–H groups in total. The van der Waals surface area contributed by atoms with Gasteiger partial charge in [-0.15, -0.1) is 0 Å². The molecule has 7 heteroatoms. The van der Waals surface area contributed by atoms with Gasteiger partial charge >= 0.3 is 0 Å². The first-order chi connectivity index (χ1) is 15.5. The first-order valence-electron chi connectivity index (χ1n) is 11.4. The van der Waals surface area contributed by atoms with Crippen LogP contribution in [0.4, 0.5) is 0 Å². The number of imidazole rings is 1. The van der Waals surface area contributed by atoms with E-state index in [1.165, 1.54) is 11.1 Å². The number of ether oxygens (including phenoxy) is 1. The number of rotatable bonds is 5. The first kappa shape index (κ1) is 21.0. The molecule has 0 saturated carbocycles. The predicted octanol–water partition coefficient (Wildman–Crippen LogP) is 3.18. The number of amides is 1. The summed E-state index contributed by atoms with van der Waals surface area (Å²) in [6.07, 6.45) is 1.83. The molecule has 2 heterocycles. The molecular weight excluding hydrogens is 402 g/mol. The number of hydrogen-bond acceptors (Lipinski definition) is 5. The summed E-state index contributed by atoms with van der Waals surface area (Å²) in [5, 5.41) is 3.31. The van der Waals surface area contributed by atoms with E-state index < -0.39 is 0 Å². The molecule has 0 spiro atoms. The van der Waals surface area contributed by atoms with Crippen LogP contribution < -0.4 is 20.9 Å². The van der Waals surface area contributed by atoms with Crippen molar-refractivity contribution in [2.75, 3.05) is 7.11 Å². The molecule has 0 radical (unpaired) electrons. The highest BCUT2D eigenvalue weighted by Crippen LogP contribution is 2.42. The summed E-state index contributed by atoms with van der Waals surface area (Å²) in [5.74, 6) is 2.22. The number of benzene rings is 2. The maximum absolute atomic E-state index is 13.5. The Kier molecular flexibility index (Phi) is 5.39. The second kappa shape index (κ2) is 8.22. The minimum absolute atomic E-state index is 0.0158. The van der Waals surface area contributed by atoms with Gasteiger partial charge in [-0.25, -0.2) is 15.8 Å². The van der Waals surface area contributed by atoms with Crippen LogP contribution in [-0.2, 0) is 18.3 Å². The number of aryl methyl sites for hydroxylation is 1. The predicted molar refractivity (Wildman–Crippen MR) is 124 cm³/mol. The monoisotopic (exact) mass is 433 g/mol. The number of para-hydroxylation sites is 2. The van der Waals surface area contributed by atoms with E-state index in [0.717, 1.165) is 35.4 Å². The SMILES string of the molecule is COc1cccc2c1CCC1C(C(=O)N[C@@H](c3nc4ccccc4n3C)C(C)C)NNC21. The van der Waals surface area contributed by atoms with E-state index >= 15 is 0 Å². The number of aromatic nitrogens is 2. The van der Waals surface area contributed by atoms with Gasteiger partial charge in [0.25, 0.3) is 0 Å². The standard InChI is InChI=1S/C25H31N5O2/c1-14(2)21(24-26-18-9-5-6-10-19(18)30(24)3)27-25(31)23-17-13-12-15-16(22(17)28-29-23)8-7-11-20(15)32-4/h5-11,14,17,21-23,28-29H,12-13H2,1-4H3,(H,27,31)/t17?,21-,22?,23?/m1/s1. The lowest BCUT2D eigenvalue weighted by Crippen LogP contribution is -2.48. The molecule has 2 aromatic carbocycles. The van der Waals surface area contributed by atoms with Gasteiger partial charge in [0, 0.05) is 13.0 Å². The fraction of sp³-hybridized carbons (Fsp3) is 0.440. The molecule has 168 valence electrons. The van der Waals surface area contributed by atoms with Gasteiger partial charge in [0.1, 0.15) is 17.6 Å². The number of methoxy groups -OCH3 is 1. The third kappa shape index (κ3) is 3.36. The molecule has 1 aliphatic carbocycles. The summed E-state index contributed by atoms with van der Waals surface area (Å²) >= 11 is 0. The molecule has 1 aliphatic heterocycles. The lowest BCUT2D eigenvalue weighted by atomic mass is 9.77. The molecule has 1 amide bonds. The largest absolute Gasteiger partial charge is 0.496 e. The summed E-state index contributed by atoms with van der Waals surface area (Å²) in [6, 6.07) is 13.9. The van der Waals surface area contributed by atoms with Crippen molar-refractivity contribution in [3.63, 3.8) is 0 Å². The third-order valence-corrected chi connectivity index (χ3v) is 7.05. The highest BCUT2D eigenvalue weighted by molar-refractivity contribution is 5.83. The minimum atomic E-state index is -0.296. The van der Waals surface area contributed by atoms with Crippen molar-refractivity contribution in [3.05, 3.63) is 59.4 Å². The van der Waals surface area contributed by atoms with E-state index in [1.807, 2.05) is 37.4 Å². The van der Waals surface area contributed by atoms with E-state index in [2.05, 4.69) is 46.7 Å². The van der Waals surface area contributed by atoms with Crippen LogP contribution in [-0.4, -0.2) is 28.6 Å². The molecule has 4 atom stereocenters. The van der Waals surface area contributed by atoms with Crippen LogP contribution in [0.5, 0.6) is 5.75 Å². The van der Waals surface area contributed by atoms with Crippen molar-refractivity contribution in [3.8, 4) is 5.75 Å². The van der Waals surface area contributed by atoms with E-state index in [9.17, 15) is 4.79 Å². The van der Waals surface area contributed by atoms with Crippen LogP contribution in [0.3, 0.4) is 0 Å². The topological polar surface area (TPSA) is 80.2 Å². The summed E-state index contributed by atoms with van der Waals surface area (Å²) in [7, 11) is 3.73. The minimum Gasteiger partial charge on any atom is -0.496 e. The van der Waals surface area contributed by atoms with E-state index in [1.54, 1.807) is 7.11 Å². The lowest BCUT2D eigenvalue weighted by molar-refractivity contribution is -0.125. The molecule has 32 heavy (non-hydrogen) atoms. The number of hydrogen-bond donors (Lipinski definition) is 3. The van der Waals surface area contributed by atoms with Crippen LogP contribution in [0.2, 0.25) is 0 Å². The van der Waals surface area contributed by atoms with Gasteiger partial charge in [0.2, 0.25) is 5.91 Å². The molecule has 3 aromatic rings.